The fourth-order valence-corrected chi connectivity index (χ4v) is 4.04. The van der Waals surface area contributed by atoms with Crippen LogP contribution in [-0.2, 0) is 14.3 Å². The molecule has 2 heterocycles. The second-order valence-corrected chi connectivity index (χ2v) is 7.41. The van der Waals surface area contributed by atoms with E-state index in [1.165, 1.54) is 0 Å². The van der Waals surface area contributed by atoms with Crippen molar-refractivity contribution in [2.75, 3.05) is 34.2 Å². The minimum Gasteiger partial charge on any atom is -0.369 e. The molecule has 126 valence electrons. The molecule has 0 aromatic carbocycles. The SMILES string of the molecule is CNC(=O)C[C@@H]1OC(C)(C)C[C@]12CCCN2C(=O)CN(C)C. The first-order valence-electron chi connectivity index (χ1n) is 8.04. The van der Waals surface area contributed by atoms with E-state index in [0.717, 1.165) is 25.8 Å². The zero-order chi connectivity index (χ0) is 16.5. The van der Waals surface area contributed by atoms with Crippen LogP contribution in [-0.4, -0.2) is 73.1 Å². The first-order chi connectivity index (χ1) is 10.2. The summed E-state index contributed by atoms with van der Waals surface area (Å²) in [6, 6.07) is 0. The molecule has 0 aromatic heterocycles. The Hall–Kier alpha value is -1.14. The topological polar surface area (TPSA) is 61.9 Å². The lowest BCUT2D eigenvalue weighted by Crippen LogP contribution is -2.55. The van der Waals surface area contributed by atoms with Crippen LogP contribution >= 0.6 is 0 Å². The van der Waals surface area contributed by atoms with Crippen molar-refractivity contribution in [3.05, 3.63) is 0 Å². The molecule has 0 aliphatic carbocycles. The smallest absolute Gasteiger partial charge is 0.237 e. The molecule has 1 N–H and O–H groups in total. The van der Waals surface area contributed by atoms with E-state index >= 15 is 0 Å². The maximum atomic E-state index is 12.7. The number of hydrogen-bond acceptors (Lipinski definition) is 4. The Morgan fingerprint density at radius 2 is 2.05 bits per heavy atom. The zero-order valence-corrected chi connectivity index (χ0v) is 14.4. The average molecular weight is 311 g/mol. The number of carbonyl (C=O) groups is 2. The lowest BCUT2D eigenvalue weighted by molar-refractivity contribution is -0.140. The Morgan fingerprint density at radius 3 is 2.64 bits per heavy atom. The molecular formula is C16H29N3O3. The van der Waals surface area contributed by atoms with Crippen LogP contribution < -0.4 is 5.32 Å². The van der Waals surface area contributed by atoms with Crippen molar-refractivity contribution < 1.29 is 14.3 Å². The second kappa shape index (κ2) is 6.16. The van der Waals surface area contributed by atoms with Gasteiger partial charge in [-0.3, -0.25) is 9.59 Å². The molecule has 0 unspecified atom stereocenters. The largest absolute Gasteiger partial charge is 0.369 e. The van der Waals surface area contributed by atoms with E-state index in [4.69, 9.17) is 4.74 Å². The van der Waals surface area contributed by atoms with Gasteiger partial charge < -0.3 is 19.9 Å². The van der Waals surface area contributed by atoms with Crippen molar-refractivity contribution in [2.45, 2.75) is 56.8 Å². The average Bonchev–Trinajstić information content (AvgIpc) is 2.90. The third kappa shape index (κ3) is 3.27. The molecule has 0 saturated carbocycles. The van der Waals surface area contributed by atoms with E-state index in [1.54, 1.807) is 7.05 Å². The maximum absolute atomic E-state index is 12.7. The highest BCUT2D eigenvalue weighted by molar-refractivity contribution is 5.80. The molecule has 2 fully saturated rings. The summed E-state index contributed by atoms with van der Waals surface area (Å²) in [4.78, 5) is 28.4. The van der Waals surface area contributed by atoms with E-state index in [-0.39, 0.29) is 29.1 Å². The summed E-state index contributed by atoms with van der Waals surface area (Å²) in [6.07, 6.45) is 2.77. The summed E-state index contributed by atoms with van der Waals surface area (Å²) in [7, 11) is 5.44. The molecule has 2 aliphatic heterocycles. The Labute approximate surface area is 133 Å². The van der Waals surface area contributed by atoms with Gasteiger partial charge in [0.25, 0.3) is 0 Å². The van der Waals surface area contributed by atoms with Gasteiger partial charge in [0, 0.05) is 20.0 Å². The maximum Gasteiger partial charge on any atom is 0.237 e. The number of hydrogen-bond donors (Lipinski definition) is 1. The van der Waals surface area contributed by atoms with Gasteiger partial charge in [0.1, 0.15) is 0 Å². The molecule has 6 nitrogen and oxygen atoms in total. The lowest BCUT2D eigenvalue weighted by atomic mass is 9.82. The molecule has 6 heteroatoms. The van der Waals surface area contributed by atoms with E-state index in [2.05, 4.69) is 5.32 Å². The van der Waals surface area contributed by atoms with Gasteiger partial charge in [0.05, 0.1) is 30.2 Å². The number of carbonyl (C=O) groups excluding carboxylic acids is 2. The van der Waals surface area contributed by atoms with E-state index < -0.39 is 0 Å². The molecule has 0 radical (unpaired) electrons. The molecule has 2 amide bonds. The summed E-state index contributed by atoms with van der Waals surface area (Å²) >= 11 is 0. The Kier molecular flexibility index (Phi) is 4.82. The highest BCUT2D eigenvalue weighted by Crippen LogP contribution is 2.48. The van der Waals surface area contributed by atoms with Crippen molar-refractivity contribution in [1.29, 1.82) is 0 Å². The molecule has 2 atom stereocenters. The van der Waals surface area contributed by atoms with Crippen molar-refractivity contribution in [3.8, 4) is 0 Å². The van der Waals surface area contributed by atoms with E-state index in [0.29, 0.717) is 13.0 Å². The van der Waals surface area contributed by atoms with Gasteiger partial charge in [0.15, 0.2) is 0 Å². The number of ether oxygens (including phenoxy) is 1. The van der Waals surface area contributed by atoms with Crippen LogP contribution in [0.1, 0.15) is 39.5 Å². The predicted molar refractivity (Wildman–Crippen MR) is 84.5 cm³/mol. The van der Waals surface area contributed by atoms with Crippen LogP contribution in [0.4, 0.5) is 0 Å². The highest BCUT2D eigenvalue weighted by Gasteiger charge is 2.58. The number of nitrogens with zero attached hydrogens (tertiary/aromatic N) is 2. The quantitative estimate of drug-likeness (QED) is 0.826. The number of nitrogens with one attached hydrogen (secondary N) is 1. The second-order valence-electron chi connectivity index (χ2n) is 7.41. The first kappa shape index (κ1) is 17.2. The molecular weight excluding hydrogens is 282 g/mol. The van der Waals surface area contributed by atoms with E-state index in [9.17, 15) is 9.59 Å². The van der Waals surface area contributed by atoms with Gasteiger partial charge in [0.2, 0.25) is 11.8 Å². The van der Waals surface area contributed by atoms with Gasteiger partial charge in [-0.15, -0.1) is 0 Å². The third-order valence-corrected chi connectivity index (χ3v) is 4.72. The Balaban J connectivity index is 2.26. The zero-order valence-electron chi connectivity index (χ0n) is 14.4. The van der Waals surface area contributed by atoms with Gasteiger partial charge >= 0.3 is 0 Å². The summed E-state index contributed by atoms with van der Waals surface area (Å²) in [5, 5.41) is 2.67. The van der Waals surface area contributed by atoms with Gasteiger partial charge in [-0.05, 0) is 40.8 Å². The molecule has 22 heavy (non-hydrogen) atoms. The molecule has 2 rings (SSSR count). The van der Waals surface area contributed by atoms with Gasteiger partial charge in [-0.25, -0.2) is 0 Å². The van der Waals surface area contributed by atoms with Gasteiger partial charge in [-0.1, -0.05) is 0 Å². The van der Waals surface area contributed by atoms with Crippen molar-refractivity contribution in [1.82, 2.24) is 15.1 Å². The van der Waals surface area contributed by atoms with E-state index in [1.807, 2.05) is 37.7 Å². The number of likely N-dealkylation sites (tertiary alicyclic amines) is 1. The lowest BCUT2D eigenvalue weighted by Gasteiger charge is -2.39. The third-order valence-electron chi connectivity index (χ3n) is 4.72. The molecule has 2 aliphatic rings. The van der Waals surface area contributed by atoms with Crippen LogP contribution in [0.25, 0.3) is 0 Å². The fraction of sp³-hybridized carbons (Fsp3) is 0.875. The highest BCUT2D eigenvalue weighted by atomic mass is 16.5. The minimum atomic E-state index is -0.330. The summed E-state index contributed by atoms with van der Waals surface area (Å²) in [6.45, 7) is 5.25. The van der Waals surface area contributed by atoms with Crippen LogP contribution in [0.3, 0.4) is 0 Å². The van der Waals surface area contributed by atoms with Crippen molar-refractivity contribution in [3.63, 3.8) is 0 Å². The standard InChI is InChI=1S/C16H29N3O3/c1-15(2)11-16(12(22-15)9-13(20)17-3)7-6-8-19(16)14(21)10-18(4)5/h12H,6-11H2,1-5H3,(H,17,20)/t12-,16+/m0/s1. The summed E-state index contributed by atoms with van der Waals surface area (Å²) < 4.78 is 6.18. The summed E-state index contributed by atoms with van der Waals surface area (Å²) in [5.41, 5.74) is -0.636. The van der Waals surface area contributed by atoms with Crippen LogP contribution in [0.2, 0.25) is 0 Å². The molecule has 2 saturated heterocycles. The van der Waals surface area contributed by atoms with Crippen LogP contribution in [0, 0.1) is 0 Å². The number of rotatable bonds is 4. The van der Waals surface area contributed by atoms with Gasteiger partial charge in [-0.2, -0.15) is 0 Å². The summed E-state index contributed by atoms with van der Waals surface area (Å²) in [5.74, 6) is 0.0969. The number of likely N-dealkylation sites (N-methyl/N-ethyl adjacent to an activating group) is 1. The molecule has 0 bridgehead atoms. The Morgan fingerprint density at radius 1 is 1.36 bits per heavy atom. The number of amides is 2. The van der Waals surface area contributed by atoms with Crippen LogP contribution in [0.15, 0.2) is 0 Å². The first-order valence-corrected chi connectivity index (χ1v) is 8.04. The fourth-order valence-electron chi connectivity index (χ4n) is 4.04. The van der Waals surface area contributed by atoms with Crippen LogP contribution in [0.5, 0.6) is 0 Å². The Bertz CT molecular complexity index is 450. The van der Waals surface area contributed by atoms with Crippen molar-refractivity contribution in [2.24, 2.45) is 0 Å². The predicted octanol–water partition coefficient (Wildman–Crippen LogP) is 0.613. The minimum absolute atomic E-state index is 0.0333. The molecule has 1 spiro atoms. The monoisotopic (exact) mass is 311 g/mol. The molecule has 0 aromatic rings. The van der Waals surface area contributed by atoms with Crippen molar-refractivity contribution >= 4 is 11.8 Å². The normalized spacial score (nSPS) is 30.3.